The van der Waals surface area contributed by atoms with E-state index in [9.17, 15) is 14.4 Å². The van der Waals surface area contributed by atoms with Crippen LogP contribution >= 0.6 is 11.6 Å². The maximum atomic E-state index is 13.0. The molecule has 2 saturated heterocycles. The molecule has 1 aromatic rings. The zero-order chi connectivity index (χ0) is 19.6. The number of barbiturate groups is 1. The minimum absolute atomic E-state index is 0.359. The Morgan fingerprint density at radius 1 is 1.22 bits per heavy atom. The van der Waals surface area contributed by atoms with E-state index in [1.807, 2.05) is 5.01 Å². The van der Waals surface area contributed by atoms with Crippen LogP contribution in [0.25, 0.3) is 0 Å². The Balaban J connectivity index is 1.82. The molecule has 0 saturated carbocycles. The van der Waals surface area contributed by atoms with Crippen molar-refractivity contribution in [3.8, 4) is 0 Å². The van der Waals surface area contributed by atoms with Crippen molar-refractivity contribution < 1.29 is 19.3 Å². The quantitative estimate of drug-likeness (QED) is 0.617. The summed E-state index contributed by atoms with van der Waals surface area (Å²) in [5.74, 6) is -2.34. The van der Waals surface area contributed by atoms with Gasteiger partial charge in [0, 0.05) is 10.7 Å². The van der Waals surface area contributed by atoms with E-state index >= 15 is 0 Å². The molecule has 0 spiro atoms. The average molecular weight is 393 g/mol. The topological polar surface area (TPSA) is 86.2 Å². The highest BCUT2D eigenvalue weighted by Crippen LogP contribution is 2.25. The number of hydrazine groups is 1. The fourth-order valence-corrected chi connectivity index (χ4v) is 3.29. The highest BCUT2D eigenvalue weighted by molar-refractivity contribution is 6.31. The number of nitrogens with one attached hydrogen (secondary N) is 3. The summed E-state index contributed by atoms with van der Waals surface area (Å²) < 4.78 is 0. The maximum Gasteiger partial charge on any atom is 0.335 e. The first-order chi connectivity index (χ1) is 12.9. The second kappa shape index (κ2) is 8.08. The van der Waals surface area contributed by atoms with Crippen LogP contribution in [0.1, 0.15) is 6.92 Å². The molecule has 3 rings (SSSR count). The molecular weight excluding hydrogens is 370 g/mol. The van der Waals surface area contributed by atoms with Gasteiger partial charge in [-0.2, -0.15) is 0 Å². The van der Waals surface area contributed by atoms with Crippen LogP contribution in [0.15, 0.2) is 36.0 Å². The highest BCUT2D eigenvalue weighted by Gasteiger charge is 2.43. The maximum absolute atomic E-state index is 13.0. The molecule has 0 aromatic heterocycles. The number of quaternary nitrogens is 1. The van der Waals surface area contributed by atoms with E-state index in [4.69, 9.17) is 11.6 Å². The molecule has 2 aliphatic heterocycles. The third-order valence-corrected chi connectivity index (χ3v) is 5.03. The van der Waals surface area contributed by atoms with Gasteiger partial charge < -0.3 is 10.3 Å². The molecule has 2 heterocycles. The van der Waals surface area contributed by atoms with E-state index < -0.39 is 23.8 Å². The lowest BCUT2D eigenvalue weighted by Crippen LogP contribution is -3.12. The fraction of sp³-hybridized carbons (Fsp3) is 0.389. The lowest BCUT2D eigenvalue weighted by Gasteiger charge is -2.35. The lowest BCUT2D eigenvalue weighted by atomic mass is 10.00. The van der Waals surface area contributed by atoms with Crippen LogP contribution in [0.2, 0.25) is 5.02 Å². The molecule has 2 aliphatic rings. The number of benzene rings is 1. The van der Waals surface area contributed by atoms with Crippen molar-refractivity contribution in [1.29, 1.82) is 0 Å². The lowest BCUT2D eigenvalue weighted by molar-refractivity contribution is -0.884. The molecule has 1 aromatic carbocycles. The van der Waals surface area contributed by atoms with Gasteiger partial charge in [-0.25, -0.2) is 14.7 Å². The Kier molecular flexibility index (Phi) is 5.79. The number of carbonyl (C=O) groups is 3. The number of carbonyl (C=O) groups excluding carboxylic acids is 3. The summed E-state index contributed by atoms with van der Waals surface area (Å²) in [7, 11) is 2.13. The largest absolute Gasteiger partial charge is 0.335 e. The number of anilines is 1. The van der Waals surface area contributed by atoms with Crippen molar-refractivity contribution in [3.05, 3.63) is 41.1 Å². The number of hydrogen-bond donors (Lipinski definition) is 3. The molecule has 0 bridgehead atoms. The molecule has 0 unspecified atom stereocenters. The zero-order valence-corrected chi connectivity index (χ0v) is 16.0. The predicted molar refractivity (Wildman–Crippen MR) is 101 cm³/mol. The molecule has 8 nitrogen and oxygen atoms in total. The number of halogens is 1. The van der Waals surface area contributed by atoms with E-state index in [0.29, 0.717) is 16.4 Å². The summed E-state index contributed by atoms with van der Waals surface area (Å²) in [5.41, 5.74) is 4.01. The Morgan fingerprint density at radius 2 is 1.85 bits per heavy atom. The summed E-state index contributed by atoms with van der Waals surface area (Å²) in [6, 6.07) is 5.55. The third kappa shape index (κ3) is 4.13. The van der Waals surface area contributed by atoms with Crippen LogP contribution in [-0.2, 0) is 9.59 Å². The van der Waals surface area contributed by atoms with Crippen molar-refractivity contribution in [2.45, 2.75) is 6.92 Å². The van der Waals surface area contributed by atoms with Gasteiger partial charge in [0.25, 0.3) is 5.91 Å². The standard InChI is InChI=1S/C18H22ClN5O3/c1-3-14(21-23-10-8-22(2)9-11-23)15-16(25)20-18(27)24(17(15)26)13-6-4-12(19)5-7-13/h3-7,15,21H,8-11H2,1-2H3,(H,20,25,27)/p+1/b14-3+/t15-/m1/s1. The normalized spacial score (nSPS) is 22.8. The minimum Gasteiger partial charge on any atom is -0.335 e. The molecule has 144 valence electrons. The number of piperazine rings is 1. The SMILES string of the molecule is C/C=C(/NN1CC[NH+](C)CC1)[C@@H]1C(=O)NC(=O)N(c2ccc(Cl)cc2)C1=O. The summed E-state index contributed by atoms with van der Waals surface area (Å²) in [5, 5.41) is 4.75. The Bertz CT molecular complexity index is 772. The number of nitrogens with zero attached hydrogens (tertiary/aromatic N) is 2. The van der Waals surface area contributed by atoms with Crippen molar-refractivity contribution in [2.75, 3.05) is 38.1 Å². The van der Waals surface area contributed by atoms with Crippen molar-refractivity contribution in [1.82, 2.24) is 15.8 Å². The second-order valence-corrected chi connectivity index (χ2v) is 7.11. The van der Waals surface area contributed by atoms with E-state index in [2.05, 4.69) is 17.8 Å². The number of likely N-dealkylation sites (N-methyl/N-ethyl adjacent to an activating group) is 1. The van der Waals surface area contributed by atoms with Crippen LogP contribution in [-0.4, -0.2) is 56.1 Å². The van der Waals surface area contributed by atoms with Crippen LogP contribution in [0.3, 0.4) is 0 Å². The summed E-state index contributed by atoms with van der Waals surface area (Å²) in [6.45, 7) is 5.28. The van der Waals surface area contributed by atoms with Crippen LogP contribution in [0.5, 0.6) is 0 Å². The van der Waals surface area contributed by atoms with Gasteiger partial charge in [0.15, 0.2) is 5.92 Å². The van der Waals surface area contributed by atoms with Crippen molar-refractivity contribution in [3.63, 3.8) is 0 Å². The first kappa shape index (κ1) is 19.3. The van der Waals surface area contributed by atoms with Gasteiger partial charge in [-0.1, -0.05) is 17.7 Å². The van der Waals surface area contributed by atoms with Gasteiger partial charge >= 0.3 is 6.03 Å². The molecular formula is C18H23ClN5O3+. The van der Waals surface area contributed by atoms with Gasteiger partial charge in [-0.05, 0) is 31.2 Å². The van der Waals surface area contributed by atoms with Gasteiger partial charge in [0.1, 0.15) is 0 Å². The van der Waals surface area contributed by atoms with Crippen LogP contribution in [0.4, 0.5) is 10.5 Å². The number of hydrogen-bond acceptors (Lipinski definition) is 5. The number of amides is 4. The Morgan fingerprint density at radius 3 is 2.44 bits per heavy atom. The van der Waals surface area contributed by atoms with Crippen molar-refractivity contribution in [2.24, 2.45) is 5.92 Å². The van der Waals surface area contributed by atoms with E-state index in [-0.39, 0.29) is 0 Å². The summed E-state index contributed by atoms with van der Waals surface area (Å²) >= 11 is 5.88. The van der Waals surface area contributed by atoms with Gasteiger partial charge in [0.05, 0.1) is 38.9 Å². The molecule has 27 heavy (non-hydrogen) atoms. The average Bonchev–Trinajstić information content (AvgIpc) is 2.63. The van der Waals surface area contributed by atoms with E-state index in [0.717, 1.165) is 31.1 Å². The Hall–Kier alpha value is -2.42. The molecule has 0 radical (unpaired) electrons. The third-order valence-electron chi connectivity index (χ3n) is 4.77. The molecule has 2 fully saturated rings. The smallest absolute Gasteiger partial charge is 0.335 e. The molecule has 3 N–H and O–H groups in total. The first-order valence-corrected chi connectivity index (χ1v) is 9.22. The molecule has 4 amide bonds. The minimum atomic E-state index is -1.12. The molecule has 1 atom stereocenters. The number of rotatable bonds is 4. The number of imide groups is 2. The fourth-order valence-electron chi connectivity index (χ4n) is 3.16. The molecule has 0 aliphatic carbocycles. The number of allylic oxidation sites excluding steroid dienone is 1. The second-order valence-electron chi connectivity index (χ2n) is 6.68. The highest BCUT2D eigenvalue weighted by atomic mass is 35.5. The van der Waals surface area contributed by atoms with E-state index in [1.54, 1.807) is 37.3 Å². The van der Waals surface area contributed by atoms with Gasteiger partial charge in [-0.15, -0.1) is 0 Å². The zero-order valence-electron chi connectivity index (χ0n) is 15.3. The van der Waals surface area contributed by atoms with Gasteiger partial charge in [-0.3, -0.25) is 14.9 Å². The van der Waals surface area contributed by atoms with Crippen LogP contribution < -0.4 is 20.5 Å². The monoisotopic (exact) mass is 392 g/mol. The predicted octanol–water partition coefficient (Wildman–Crippen LogP) is -0.222. The van der Waals surface area contributed by atoms with Crippen LogP contribution in [0, 0.1) is 5.92 Å². The Labute approximate surface area is 162 Å². The van der Waals surface area contributed by atoms with E-state index in [1.165, 1.54) is 4.90 Å². The number of urea groups is 1. The molecule has 9 heteroatoms. The van der Waals surface area contributed by atoms with Crippen molar-refractivity contribution >= 4 is 35.1 Å². The summed E-state index contributed by atoms with van der Waals surface area (Å²) in [4.78, 5) is 40.1. The first-order valence-electron chi connectivity index (χ1n) is 8.84. The van der Waals surface area contributed by atoms with Gasteiger partial charge in [0.2, 0.25) is 5.91 Å². The summed E-state index contributed by atoms with van der Waals surface area (Å²) in [6.07, 6.45) is 1.70.